The maximum Gasteiger partial charge on any atom is 0.338 e. The Kier molecular flexibility index (Phi) is 6.46. The van der Waals surface area contributed by atoms with Crippen molar-refractivity contribution >= 4 is 5.91 Å². The monoisotopic (exact) mass is 198 g/mol. The minimum Gasteiger partial charge on any atom is -0.257 e. The highest BCUT2D eigenvalue weighted by Gasteiger charge is 2.31. The summed E-state index contributed by atoms with van der Waals surface area (Å²) in [5.74, 6) is 0.190. The van der Waals surface area contributed by atoms with Gasteiger partial charge in [0, 0.05) is 6.08 Å². The number of quaternary nitrogens is 1. The van der Waals surface area contributed by atoms with Crippen molar-refractivity contribution in [2.45, 2.75) is 40.0 Å². The van der Waals surface area contributed by atoms with Crippen LogP contribution in [-0.4, -0.2) is 30.0 Å². The van der Waals surface area contributed by atoms with Crippen LogP contribution in [0.1, 0.15) is 40.0 Å². The zero-order valence-electron chi connectivity index (χ0n) is 9.88. The predicted octanol–water partition coefficient (Wildman–Crippen LogP) is 2.75. The van der Waals surface area contributed by atoms with Gasteiger partial charge >= 0.3 is 5.91 Å². The van der Waals surface area contributed by atoms with Gasteiger partial charge in [-0.1, -0.05) is 27.4 Å². The number of hydrogen-bond acceptors (Lipinski definition) is 1. The quantitative estimate of drug-likeness (QED) is 0.454. The molecule has 0 radical (unpaired) electrons. The molecule has 0 aromatic heterocycles. The Morgan fingerprint density at radius 1 is 1.07 bits per heavy atom. The molecule has 82 valence electrons. The lowest BCUT2D eigenvalue weighted by molar-refractivity contribution is -0.852. The molecule has 2 nitrogen and oxygen atoms in total. The lowest BCUT2D eigenvalue weighted by atomic mass is 10.2. The van der Waals surface area contributed by atoms with Crippen LogP contribution in [0.3, 0.4) is 0 Å². The summed E-state index contributed by atoms with van der Waals surface area (Å²) in [4.78, 5) is 11.9. The Morgan fingerprint density at radius 2 is 1.43 bits per heavy atom. The first-order chi connectivity index (χ1) is 6.66. The molecule has 0 unspecified atom stereocenters. The van der Waals surface area contributed by atoms with Crippen LogP contribution in [0.2, 0.25) is 0 Å². The highest BCUT2D eigenvalue weighted by molar-refractivity contribution is 5.80. The van der Waals surface area contributed by atoms with Gasteiger partial charge in [0.2, 0.25) is 0 Å². The second-order valence-corrected chi connectivity index (χ2v) is 3.86. The summed E-state index contributed by atoms with van der Waals surface area (Å²) in [6, 6.07) is 0. The summed E-state index contributed by atoms with van der Waals surface area (Å²) in [6.45, 7) is 12.9. The maximum absolute atomic E-state index is 11.9. The summed E-state index contributed by atoms with van der Waals surface area (Å²) in [6.07, 6.45) is 4.65. The molecule has 0 spiro atoms. The number of nitrogens with zero attached hydrogens (tertiary/aromatic N) is 1. The van der Waals surface area contributed by atoms with Crippen molar-refractivity contribution < 1.29 is 9.28 Å². The first kappa shape index (κ1) is 13.4. The van der Waals surface area contributed by atoms with E-state index in [1.807, 2.05) is 0 Å². The van der Waals surface area contributed by atoms with E-state index in [-0.39, 0.29) is 5.91 Å². The molecular weight excluding hydrogens is 174 g/mol. The van der Waals surface area contributed by atoms with Crippen LogP contribution in [0.4, 0.5) is 0 Å². The van der Waals surface area contributed by atoms with Crippen molar-refractivity contribution in [2.75, 3.05) is 19.6 Å². The molecule has 2 heteroatoms. The first-order valence-corrected chi connectivity index (χ1v) is 5.69. The highest BCUT2D eigenvalue weighted by atomic mass is 16.2. The lowest BCUT2D eigenvalue weighted by Crippen LogP contribution is -2.53. The van der Waals surface area contributed by atoms with Crippen LogP contribution in [-0.2, 0) is 4.79 Å². The van der Waals surface area contributed by atoms with Gasteiger partial charge in [0.15, 0.2) is 0 Å². The fourth-order valence-electron chi connectivity index (χ4n) is 2.14. The molecule has 0 saturated heterocycles. The van der Waals surface area contributed by atoms with Gasteiger partial charge in [-0.2, -0.15) is 0 Å². The topological polar surface area (TPSA) is 17.1 Å². The third-order valence-electron chi connectivity index (χ3n) is 2.60. The van der Waals surface area contributed by atoms with Gasteiger partial charge in [0.05, 0.1) is 19.6 Å². The van der Waals surface area contributed by atoms with Crippen molar-refractivity contribution in [1.82, 2.24) is 0 Å². The summed E-state index contributed by atoms with van der Waals surface area (Å²) < 4.78 is 0.604. The molecule has 0 heterocycles. The van der Waals surface area contributed by atoms with E-state index in [2.05, 4.69) is 27.4 Å². The molecule has 0 rings (SSSR count). The van der Waals surface area contributed by atoms with Gasteiger partial charge in [-0.05, 0) is 19.3 Å². The molecule has 14 heavy (non-hydrogen) atoms. The maximum atomic E-state index is 11.9. The molecule has 0 atom stereocenters. The minimum atomic E-state index is 0.190. The average molecular weight is 198 g/mol. The molecule has 0 aliphatic heterocycles. The molecular formula is C12H24NO+. The zero-order chi connectivity index (χ0) is 11.0. The Morgan fingerprint density at radius 3 is 1.64 bits per heavy atom. The van der Waals surface area contributed by atoms with E-state index in [0.29, 0.717) is 4.48 Å². The SMILES string of the molecule is C=CC(=O)[N+](CCC)(CCC)CCC. The second kappa shape index (κ2) is 6.77. The molecule has 0 aromatic rings. The van der Waals surface area contributed by atoms with Crippen molar-refractivity contribution in [3.8, 4) is 0 Å². The largest absolute Gasteiger partial charge is 0.338 e. The number of carbonyl (C=O) groups excluding carboxylic acids is 1. The Hall–Kier alpha value is -0.630. The molecule has 0 aromatic carbocycles. The molecule has 1 amide bonds. The predicted molar refractivity (Wildman–Crippen MR) is 60.9 cm³/mol. The summed E-state index contributed by atoms with van der Waals surface area (Å²) in [5, 5.41) is 0. The van der Waals surface area contributed by atoms with E-state index < -0.39 is 0 Å². The van der Waals surface area contributed by atoms with Crippen molar-refractivity contribution in [2.24, 2.45) is 0 Å². The van der Waals surface area contributed by atoms with E-state index in [0.717, 1.165) is 38.9 Å². The van der Waals surface area contributed by atoms with Crippen LogP contribution in [0.15, 0.2) is 12.7 Å². The second-order valence-electron chi connectivity index (χ2n) is 3.86. The molecule has 0 aliphatic carbocycles. The third-order valence-corrected chi connectivity index (χ3v) is 2.60. The zero-order valence-corrected chi connectivity index (χ0v) is 9.88. The number of rotatable bonds is 7. The smallest absolute Gasteiger partial charge is 0.257 e. The lowest BCUT2D eigenvalue weighted by Gasteiger charge is -2.34. The first-order valence-electron chi connectivity index (χ1n) is 5.69. The average Bonchev–Trinajstić information content (AvgIpc) is 2.17. The Bertz CT molecular complexity index is 170. The van der Waals surface area contributed by atoms with E-state index >= 15 is 0 Å². The van der Waals surface area contributed by atoms with Gasteiger partial charge in [0.1, 0.15) is 0 Å². The van der Waals surface area contributed by atoms with Crippen LogP contribution >= 0.6 is 0 Å². The molecule has 0 saturated carbocycles. The summed E-state index contributed by atoms with van der Waals surface area (Å²) >= 11 is 0. The molecule has 0 aliphatic rings. The van der Waals surface area contributed by atoms with E-state index in [1.54, 1.807) is 0 Å². The van der Waals surface area contributed by atoms with E-state index in [1.165, 1.54) is 6.08 Å². The van der Waals surface area contributed by atoms with E-state index in [4.69, 9.17) is 0 Å². The van der Waals surface area contributed by atoms with Gasteiger partial charge < -0.3 is 0 Å². The third kappa shape index (κ3) is 3.26. The minimum absolute atomic E-state index is 0.190. The molecule has 0 fully saturated rings. The number of hydrogen-bond donors (Lipinski definition) is 0. The normalized spacial score (nSPS) is 11.4. The van der Waals surface area contributed by atoms with Gasteiger partial charge in [-0.3, -0.25) is 4.48 Å². The van der Waals surface area contributed by atoms with Gasteiger partial charge in [-0.15, -0.1) is 0 Å². The van der Waals surface area contributed by atoms with Crippen molar-refractivity contribution in [1.29, 1.82) is 0 Å². The number of amides is 1. The summed E-state index contributed by atoms with van der Waals surface area (Å²) in [5.41, 5.74) is 0. The Labute approximate surface area is 88.2 Å². The fourth-order valence-corrected chi connectivity index (χ4v) is 2.14. The standard InChI is InChI=1S/C12H24NO/c1-5-9-13(10-6-2,11-7-3)12(14)8-4/h8H,4-7,9-11H2,1-3H3/q+1. The van der Waals surface area contributed by atoms with Gasteiger partial charge in [-0.25, -0.2) is 4.79 Å². The van der Waals surface area contributed by atoms with Crippen LogP contribution in [0.25, 0.3) is 0 Å². The van der Waals surface area contributed by atoms with Crippen LogP contribution in [0, 0.1) is 0 Å². The Balaban J connectivity index is 4.71. The summed E-state index contributed by atoms with van der Waals surface area (Å²) in [7, 11) is 0. The van der Waals surface area contributed by atoms with E-state index in [9.17, 15) is 4.79 Å². The molecule has 0 bridgehead atoms. The van der Waals surface area contributed by atoms with Gasteiger partial charge in [0.25, 0.3) is 0 Å². The molecule has 0 N–H and O–H groups in total. The highest BCUT2D eigenvalue weighted by Crippen LogP contribution is 2.13. The van der Waals surface area contributed by atoms with Crippen molar-refractivity contribution in [3.63, 3.8) is 0 Å². The van der Waals surface area contributed by atoms with Crippen LogP contribution < -0.4 is 0 Å². The fraction of sp³-hybridized carbons (Fsp3) is 0.750. The van der Waals surface area contributed by atoms with Crippen LogP contribution in [0.5, 0.6) is 0 Å². The number of carbonyl (C=O) groups is 1. The van der Waals surface area contributed by atoms with Crippen molar-refractivity contribution in [3.05, 3.63) is 12.7 Å².